The van der Waals surface area contributed by atoms with Gasteiger partial charge in [-0.05, 0) is 35.7 Å². The van der Waals surface area contributed by atoms with Crippen LogP contribution in [0.25, 0.3) is 0 Å². The maximum atomic E-state index is 13.7. The number of rotatable bonds is 12. The van der Waals surface area contributed by atoms with Crippen molar-refractivity contribution >= 4 is 21.6 Å². The molecule has 0 spiro atoms. The summed E-state index contributed by atoms with van der Waals surface area (Å²) in [5.74, 6) is 0.496. The summed E-state index contributed by atoms with van der Waals surface area (Å²) in [7, 11) is -1.95. The summed E-state index contributed by atoms with van der Waals surface area (Å²) in [6.45, 7) is 6.39. The minimum Gasteiger partial charge on any atom is -0.495 e. The topological polar surface area (TPSA) is 88.2 Å². The lowest BCUT2D eigenvalue weighted by atomic mass is 9.88. The molecule has 0 aliphatic carbocycles. The number of ether oxygens (including phenoxy) is 2. The Balaban J connectivity index is 1.57. The number of hydrogen-bond acceptors (Lipinski definition) is 6. The monoisotopic (exact) mass is 565 g/mol. The van der Waals surface area contributed by atoms with Crippen LogP contribution in [0.5, 0.6) is 5.75 Å². The van der Waals surface area contributed by atoms with E-state index in [9.17, 15) is 13.2 Å². The van der Waals surface area contributed by atoms with E-state index in [0.29, 0.717) is 37.7 Å². The number of nitrogens with one attached hydrogen (secondary N) is 1. The lowest BCUT2D eigenvalue weighted by Crippen LogP contribution is -2.44. The number of morpholine rings is 1. The Labute approximate surface area is 237 Å². The summed E-state index contributed by atoms with van der Waals surface area (Å²) in [5.41, 5.74) is 2.73. The van der Waals surface area contributed by atoms with Crippen molar-refractivity contribution in [2.75, 3.05) is 64.1 Å². The lowest BCUT2D eigenvalue weighted by Gasteiger charge is -2.31. The van der Waals surface area contributed by atoms with Gasteiger partial charge in [-0.1, -0.05) is 67.6 Å². The van der Waals surface area contributed by atoms with Crippen LogP contribution in [0, 0.1) is 0 Å². The van der Waals surface area contributed by atoms with Crippen molar-refractivity contribution in [1.29, 1.82) is 0 Å². The zero-order chi connectivity index (χ0) is 28.4. The van der Waals surface area contributed by atoms with Crippen LogP contribution in [-0.2, 0) is 14.6 Å². The normalized spacial score (nSPS) is 14.2. The molecule has 2 amide bonds. The van der Waals surface area contributed by atoms with E-state index in [0.717, 1.165) is 26.1 Å². The first-order valence-corrected chi connectivity index (χ1v) is 15.4. The van der Waals surface area contributed by atoms with E-state index in [1.807, 2.05) is 41.3 Å². The molecule has 1 N–H and O–H groups in total. The minimum absolute atomic E-state index is 0.0290. The number of sulfone groups is 1. The predicted octanol–water partition coefficient (Wildman–Crippen LogP) is 4.88. The Bertz CT molecular complexity index is 1290. The van der Waals surface area contributed by atoms with Crippen molar-refractivity contribution in [3.05, 3.63) is 90.0 Å². The summed E-state index contributed by atoms with van der Waals surface area (Å²) < 4.78 is 36.0. The quantitative estimate of drug-likeness (QED) is 0.337. The van der Waals surface area contributed by atoms with Gasteiger partial charge in [0.05, 0.1) is 36.7 Å². The van der Waals surface area contributed by atoms with E-state index in [1.54, 1.807) is 13.0 Å². The Hall–Kier alpha value is -3.40. The largest absolute Gasteiger partial charge is 0.495 e. The molecule has 0 unspecified atom stereocenters. The van der Waals surface area contributed by atoms with Crippen LogP contribution in [0.1, 0.15) is 30.4 Å². The smallest absolute Gasteiger partial charge is 0.321 e. The number of hydrogen-bond donors (Lipinski definition) is 1. The molecule has 3 aromatic carbocycles. The van der Waals surface area contributed by atoms with Gasteiger partial charge >= 0.3 is 6.03 Å². The van der Waals surface area contributed by atoms with Crippen molar-refractivity contribution in [2.24, 2.45) is 0 Å². The molecule has 3 aromatic rings. The number of methoxy groups -OCH3 is 1. The molecule has 1 aliphatic rings. The lowest BCUT2D eigenvalue weighted by molar-refractivity contribution is 0.0351. The second-order valence-electron chi connectivity index (χ2n) is 9.80. The van der Waals surface area contributed by atoms with Crippen LogP contribution in [0.2, 0.25) is 0 Å². The van der Waals surface area contributed by atoms with Crippen molar-refractivity contribution in [3.8, 4) is 5.75 Å². The van der Waals surface area contributed by atoms with Crippen molar-refractivity contribution in [2.45, 2.75) is 24.2 Å². The third-order valence-electron chi connectivity index (χ3n) is 7.32. The van der Waals surface area contributed by atoms with E-state index >= 15 is 0 Å². The van der Waals surface area contributed by atoms with E-state index < -0.39 is 9.84 Å². The molecule has 4 rings (SSSR count). The number of urea groups is 1. The van der Waals surface area contributed by atoms with Crippen LogP contribution < -0.4 is 10.1 Å². The molecule has 1 aliphatic heterocycles. The number of carbonyl (C=O) groups is 1. The highest BCUT2D eigenvalue weighted by Gasteiger charge is 2.22. The molecule has 0 atom stereocenters. The first kappa shape index (κ1) is 29.6. The van der Waals surface area contributed by atoms with Crippen molar-refractivity contribution < 1.29 is 22.7 Å². The van der Waals surface area contributed by atoms with Gasteiger partial charge in [-0.15, -0.1) is 0 Å². The van der Waals surface area contributed by atoms with Gasteiger partial charge in [-0.2, -0.15) is 0 Å². The number of carbonyl (C=O) groups excluding carboxylic acids is 1. The first-order valence-electron chi connectivity index (χ1n) is 13.8. The SMILES string of the molecule is CCS(=O)(=O)c1ccc(OC)c(NC(=O)N(CCC(c2ccccc2)c2ccccc2)CCN2CCOCC2)c1. The fourth-order valence-electron chi connectivity index (χ4n) is 4.92. The first-order chi connectivity index (χ1) is 19.4. The molecule has 214 valence electrons. The fraction of sp³-hybridized carbons (Fsp3) is 0.387. The zero-order valence-corrected chi connectivity index (χ0v) is 24.1. The van der Waals surface area contributed by atoms with Crippen LogP contribution >= 0.6 is 0 Å². The van der Waals surface area contributed by atoms with Gasteiger partial charge in [0.25, 0.3) is 0 Å². The highest BCUT2D eigenvalue weighted by atomic mass is 32.2. The van der Waals surface area contributed by atoms with Gasteiger partial charge in [0, 0.05) is 38.6 Å². The Morgan fingerprint density at radius 1 is 0.975 bits per heavy atom. The van der Waals surface area contributed by atoms with Crippen LogP contribution in [0.3, 0.4) is 0 Å². The second-order valence-corrected chi connectivity index (χ2v) is 12.1. The third kappa shape index (κ3) is 7.84. The maximum absolute atomic E-state index is 13.7. The molecule has 1 saturated heterocycles. The Kier molecular flexibility index (Phi) is 10.6. The molecule has 8 nitrogen and oxygen atoms in total. The van der Waals surface area contributed by atoms with Gasteiger partial charge in [0.15, 0.2) is 9.84 Å². The van der Waals surface area contributed by atoms with Gasteiger partial charge in [0.2, 0.25) is 0 Å². The van der Waals surface area contributed by atoms with Gasteiger partial charge in [-0.3, -0.25) is 4.90 Å². The molecule has 1 heterocycles. The Morgan fingerprint density at radius 2 is 1.60 bits per heavy atom. The molecule has 9 heteroatoms. The van der Waals surface area contributed by atoms with Crippen molar-refractivity contribution in [1.82, 2.24) is 9.80 Å². The molecule has 1 fully saturated rings. The average molecular weight is 566 g/mol. The Morgan fingerprint density at radius 3 is 2.17 bits per heavy atom. The molecule has 0 bridgehead atoms. The predicted molar refractivity (Wildman–Crippen MR) is 158 cm³/mol. The molecule has 0 aromatic heterocycles. The summed E-state index contributed by atoms with van der Waals surface area (Å²) >= 11 is 0. The number of nitrogens with zero attached hydrogens (tertiary/aromatic N) is 2. The summed E-state index contributed by atoms with van der Waals surface area (Å²) in [6, 6.07) is 24.9. The molecular formula is C31H39N3O5S. The standard InChI is InChI=1S/C31H39N3O5S/c1-3-40(36,37)27-14-15-30(38-2)29(24-27)32-31(35)34(19-18-33-20-22-39-23-21-33)17-16-28(25-10-6-4-7-11-25)26-12-8-5-9-13-26/h4-15,24,28H,3,16-23H2,1-2H3,(H,32,35). The van der Waals surface area contributed by atoms with Crippen LogP contribution in [0.4, 0.5) is 10.5 Å². The van der Waals surface area contributed by atoms with E-state index in [1.165, 1.54) is 30.4 Å². The van der Waals surface area contributed by atoms with Gasteiger partial charge < -0.3 is 19.7 Å². The van der Waals surface area contributed by atoms with E-state index in [-0.39, 0.29) is 22.6 Å². The highest BCUT2D eigenvalue weighted by Crippen LogP contribution is 2.30. The molecule has 40 heavy (non-hydrogen) atoms. The van der Waals surface area contributed by atoms with E-state index in [4.69, 9.17) is 9.47 Å². The molecular weight excluding hydrogens is 526 g/mol. The molecule has 0 saturated carbocycles. The van der Waals surface area contributed by atoms with Crippen LogP contribution in [-0.4, -0.2) is 83.0 Å². The summed E-state index contributed by atoms with van der Waals surface area (Å²) in [5, 5.41) is 2.94. The number of amides is 2. The summed E-state index contributed by atoms with van der Waals surface area (Å²) in [6.07, 6.45) is 0.728. The van der Waals surface area contributed by atoms with Crippen LogP contribution in [0.15, 0.2) is 83.8 Å². The third-order valence-corrected chi connectivity index (χ3v) is 9.05. The number of benzene rings is 3. The van der Waals surface area contributed by atoms with E-state index in [2.05, 4.69) is 34.5 Å². The number of anilines is 1. The molecule has 0 radical (unpaired) electrons. The minimum atomic E-state index is -3.45. The van der Waals surface area contributed by atoms with Gasteiger partial charge in [-0.25, -0.2) is 13.2 Å². The second kappa shape index (κ2) is 14.3. The fourth-order valence-corrected chi connectivity index (χ4v) is 5.83. The highest BCUT2D eigenvalue weighted by molar-refractivity contribution is 7.91. The zero-order valence-electron chi connectivity index (χ0n) is 23.3. The average Bonchev–Trinajstić information content (AvgIpc) is 3.00. The maximum Gasteiger partial charge on any atom is 0.321 e. The van der Waals surface area contributed by atoms with Crippen molar-refractivity contribution in [3.63, 3.8) is 0 Å². The van der Waals surface area contributed by atoms with Gasteiger partial charge in [0.1, 0.15) is 5.75 Å². The summed E-state index contributed by atoms with van der Waals surface area (Å²) in [4.78, 5) is 18.0.